The second-order valence-electron chi connectivity index (χ2n) is 3.46. The summed E-state index contributed by atoms with van der Waals surface area (Å²) < 4.78 is 5.45. The fraction of sp³-hybridized carbons (Fsp3) is 1.00. The Bertz CT molecular complexity index is 89.6. The van der Waals surface area contributed by atoms with Gasteiger partial charge in [0.1, 0.15) is 0 Å². The van der Waals surface area contributed by atoms with E-state index in [1.54, 1.807) is 6.92 Å². The highest BCUT2D eigenvalue weighted by Gasteiger charge is 2.06. The van der Waals surface area contributed by atoms with Gasteiger partial charge in [0.15, 0.2) is 0 Å². The molecule has 0 spiro atoms. The van der Waals surface area contributed by atoms with Crippen LogP contribution in [0.1, 0.15) is 34.1 Å². The van der Waals surface area contributed by atoms with Crippen LogP contribution >= 0.6 is 0 Å². The third-order valence-corrected chi connectivity index (χ3v) is 1.86. The third-order valence-electron chi connectivity index (χ3n) is 1.86. The molecule has 2 atom stereocenters. The first-order chi connectivity index (χ1) is 5.04. The number of hydrogen-bond donors (Lipinski definition) is 1. The molecule has 2 unspecified atom stereocenters. The Labute approximate surface area is 69.6 Å². The lowest BCUT2D eigenvalue weighted by molar-refractivity contribution is 0.0175. The molecule has 0 fully saturated rings. The number of rotatable bonds is 5. The highest BCUT2D eigenvalue weighted by Crippen LogP contribution is 2.05. The fourth-order valence-electron chi connectivity index (χ4n) is 0.617. The smallest absolute Gasteiger partial charge is 0.0569 e. The average molecular weight is 160 g/mol. The van der Waals surface area contributed by atoms with Crippen molar-refractivity contribution in [1.29, 1.82) is 0 Å². The van der Waals surface area contributed by atoms with Gasteiger partial charge >= 0.3 is 0 Å². The SMILES string of the molecule is CC(O)CCOC(C)C(C)C. The van der Waals surface area contributed by atoms with Crippen molar-refractivity contribution in [1.82, 2.24) is 0 Å². The normalized spacial score (nSPS) is 16.9. The molecule has 0 bridgehead atoms. The first-order valence-corrected chi connectivity index (χ1v) is 4.33. The number of hydrogen-bond acceptors (Lipinski definition) is 2. The van der Waals surface area contributed by atoms with E-state index in [-0.39, 0.29) is 6.10 Å². The lowest BCUT2D eigenvalue weighted by Gasteiger charge is -2.16. The minimum absolute atomic E-state index is 0.241. The lowest BCUT2D eigenvalue weighted by atomic mass is 10.1. The Morgan fingerprint density at radius 2 is 1.73 bits per heavy atom. The van der Waals surface area contributed by atoms with E-state index in [0.717, 1.165) is 6.42 Å². The second kappa shape index (κ2) is 5.56. The third kappa shape index (κ3) is 6.32. The molecule has 0 aromatic rings. The van der Waals surface area contributed by atoms with Crippen molar-refractivity contribution in [3.8, 4) is 0 Å². The lowest BCUT2D eigenvalue weighted by Crippen LogP contribution is -2.17. The molecule has 0 aliphatic carbocycles. The van der Waals surface area contributed by atoms with Crippen molar-refractivity contribution in [2.24, 2.45) is 5.92 Å². The molecule has 0 saturated heterocycles. The zero-order valence-corrected chi connectivity index (χ0v) is 8.00. The topological polar surface area (TPSA) is 29.5 Å². The Hall–Kier alpha value is -0.0800. The van der Waals surface area contributed by atoms with Gasteiger partial charge in [-0.2, -0.15) is 0 Å². The van der Waals surface area contributed by atoms with Crippen molar-refractivity contribution >= 4 is 0 Å². The van der Waals surface area contributed by atoms with Gasteiger partial charge in [0.05, 0.1) is 12.2 Å². The van der Waals surface area contributed by atoms with Crippen LogP contribution in [-0.4, -0.2) is 23.9 Å². The van der Waals surface area contributed by atoms with E-state index in [2.05, 4.69) is 20.8 Å². The van der Waals surface area contributed by atoms with Crippen molar-refractivity contribution in [3.63, 3.8) is 0 Å². The van der Waals surface area contributed by atoms with Gasteiger partial charge in [0.2, 0.25) is 0 Å². The van der Waals surface area contributed by atoms with E-state index < -0.39 is 0 Å². The van der Waals surface area contributed by atoms with Crippen LogP contribution in [0.15, 0.2) is 0 Å². The molecule has 0 heterocycles. The largest absolute Gasteiger partial charge is 0.393 e. The maximum Gasteiger partial charge on any atom is 0.0569 e. The van der Waals surface area contributed by atoms with Crippen molar-refractivity contribution < 1.29 is 9.84 Å². The molecule has 0 aliphatic rings. The molecule has 1 N–H and O–H groups in total. The van der Waals surface area contributed by atoms with Crippen molar-refractivity contribution in [2.75, 3.05) is 6.61 Å². The summed E-state index contributed by atoms with van der Waals surface area (Å²) >= 11 is 0. The molecule has 0 amide bonds. The minimum atomic E-state index is -0.241. The van der Waals surface area contributed by atoms with Crippen molar-refractivity contribution in [3.05, 3.63) is 0 Å². The van der Waals surface area contributed by atoms with Gasteiger partial charge in [0.25, 0.3) is 0 Å². The molecular weight excluding hydrogens is 140 g/mol. The molecular formula is C9H20O2. The standard InChI is InChI=1S/C9H20O2/c1-7(2)9(4)11-6-5-8(3)10/h7-10H,5-6H2,1-4H3. The molecule has 11 heavy (non-hydrogen) atoms. The van der Waals surface area contributed by atoms with Gasteiger partial charge in [0, 0.05) is 6.61 Å². The first kappa shape index (κ1) is 10.9. The average Bonchev–Trinajstić information content (AvgIpc) is 1.86. The number of aliphatic hydroxyl groups excluding tert-OH is 1. The Kier molecular flexibility index (Phi) is 5.51. The van der Waals surface area contributed by atoms with Crippen molar-refractivity contribution in [2.45, 2.75) is 46.3 Å². The Morgan fingerprint density at radius 1 is 1.18 bits per heavy atom. The molecule has 0 radical (unpaired) electrons. The van der Waals surface area contributed by atoms with Gasteiger partial charge in [-0.25, -0.2) is 0 Å². The quantitative estimate of drug-likeness (QED) is 0.664. The predicted octanol–water partition coefficient (Wildman–Crippen LogP) is 1.82. The van der Waals surface area contributed by atoms with E-state index >= 15 is 0 Å². The van der Waals surface area contributed by atoms with Crippen LogP contribution in [0, 0.1) is 5.92 Å². The summed E-state index contributed by atoms with van der Waals surface area (Å²) in [5.74, 6) is 0.559. The van der Waals surface area contributed by atoms with Crippen LogP contribution in [0.4, 0.5) is 0 Å². The summed E-state index contributed by atoms with van der Waals surface area (Å²) in [4.78, 5) is 0. The predicted molar refractivity (Wildman–Crippen MR) is 46.5 cm³/mol. The summed E-state index contributed by atoms with van der Waals surface area (Å²) in [5, 5.41) is 8.92. The van der Waals surface area contributed by atoms with Crippen LogP contribution in [0.3, 0.4) is 0 Å². The number of ether oxygens (including phenoxy) is 1. The van der Waals surface area contributed by atoms with E-state index in [0.29, 0.717) is 18.6 Å². The summed E-state index contributed by atoms with van der Waals surface area (Å²) in [7, 11) is 0. The highest BCUT2D eigenvalue weighted by molar-refractivity contribution is 4.55. The fourth-order valence-corrected chi connectivity index (χ4v) is 0.617. The van der Waals surface area contributed by atoms with Crippen LogP contribution in [0.25, 0.3) is 0 Å². The summed E-state index contributed by atoms with van der Waals surface area (Å²) in [5.41, 5.74) is 0. The van der Waals surface area contributed by atoms with Gasteiger partial charge in [-0.15, -0.1) is 0 Å². The highest BCUT2D eigenvalue weighted by atomic mass is 16.5. The van der Waals surface area contributed by atoms with Crippen LogP contribution < -0.4 is 0 Å². The summed E-state index contributed by atoms with van der Waals surface area (Å²) in [6.45, 7) is 8.77. The minimum Gasteiger partial charge on any atom is -0.393 e. The molecule has 0 rings (SSSR count). The van der Waals surface area contributed by atoms with Gasteiger partial charge in [-0.05, 0) is 26.2 Å². The maximum atomic E-state index is 8.92. The second-order valence-corrected chi connectivity index (χ2v) is 3.46. The van der Waals surface area contributed by atoms with Gasteiger partial charge < -0.3 is 9.84 Å². The van der Waals surface area contributed by atoms with E-state index in [1.165, 1.54) is 0 Å². The van der Waals surface area contributed by atoms with E-state index in [9.17, 15) is 0 Å². The molecule has 68 valence electrons. The summed E-state index contributed by atoms with van der Waals surface area (Å²) in [6.07, 6.45) is 0.792. The zero-order chi connectivity index (χ0) is 8.85. The molecule has 2 heteroatoms. The molecule has 0 aliphatic heterocycles. The monoisotopic (exact) mass is 160 g/mol. The zero-order valence-electron chi connectivity index (χ0n) is 8.00. The number of aliphatic hydroxyl groups is 1. The summed E-state index contributed by atoms with van der Waals surface area (Å²) in [6, 6.07) is 0. The van der Waals surface area contributed by atoms with E-state index in [4.69, 9.17) is 9.84 Å². The molecule has 0 aromatic heterocycles. The van der Waals surface area contributed by atoms with Crippen LogP contribution in [0.5, 0.6) is 0 Å². The maximum absolute atomic E-state index is 8.92. The molecule has 0 saturated carbocycles. The van der Waals surface area contributed by atoms with E-state index in [1.807, 2.05) is 0 Å². The van der Waals surface area contributed by atoms with Crippen LogP contribution in [0.2, 0.25) is 0 Å². The molecule has 2 nitrogen and oxygen atoms in total. The van der Waals surface area contributed by atoms with Crippen LogP contribution in [-0.2, 0) is 4.74 Å². The van der Waals surface area contributed by atoms with Gasteiger partial charge in [-0.3, -0.25) is 0 Å². The Morgan fingerprint density at radius 3 is 2.09 bits per heavy atom. The molecule has 0 aromatic carbocycles. The van der Waals surface area contributed by atoms with Gasteiger partial charge in [-0.1, -0.05) is 13.8 Å². The first-order valence-electron chi connectivity index (χ1n) is 4.33. The Balaban J connectivity index is 3.24.